The van der Waals surface area contributed by atoms with Gasteiger partial charge in [0.2, 0.25) is 0 Å². The number of rotatable bonds is 3. The van der Waals surface area contributed by atoms with E-state index in [9.17, 15) is 4.79 Å². The first kappa shape index (κ1) is 15.4. The minimum Gasteiger partial charge on any atom is -0.496 e. The van der Waals surface area contributed by atoms with Crippen LogP contribution in [-0.4, -0.2) is 13.0 Å². The Balaban J connectivity index is 2.21. The van der Waals surface area contributed by atoms with Crippen LogP contribution >= 0.6 is 45.8 Å². The number of hydrogen-bond donors (Lipinski definition) is 1. The predicted molar refractivity (Wildman–Crippen MR) is 90.1 cm³/mol. The zero-order valence-corrected chi connectivity index (χ0v) is 14.1. The van der Waals surface area contributed by atoms with Crippen LogP contribution in [-0.2, 0) is 0 Å². The lowest BCUT2D eigenvalue weighted by atomic mass is 10.2. The summed E-state index contributed by atoms with van der Waals surface area (Å²) in [5.41, 5.74) is 1.09. The first-order valence-electron chi connectivity index (χ1n) is 5.60. The molecule has 1 amide bonds. The summed E-state index contributed by atoms with van der Waals surface area (Å²) in [5.74, 6) is 0.497. The van der Waals surface area contributed by atoms with Crippen molar-refractivity contribution >= 4 is 57.4 Å². The molecule has 0 unspecified atom stereocenters. The maximum absolute atomic E-state index is 12.1. The number of hydrogen-bond acceptors (Lipinski definition) is 2. The number of methoxy groups -OCH3 is 1. The summed E-state index contributed by atoms with van der Waals surface area (Å²) in [6, 6.07) is 10.1. The molecule has 2 aromatic carbocycles. The van der Waals surface area contributed by atoms with E-state index in [0.717, 1.165) is 9.32 Å². The van der Waals surface area contributed by atoms with Crippen molar-refractivity contribution in [3.63, 3.8) is 0 Å². The first-order chi connectivity index (χ1) is 9.49. The van der Waals surface area contributed by atoms with Gasteiger partial charge in [-0.05, 0) is 59.0 Å². The van der Waals surface area contributed by atoms with Gasteiger partial charge in [0.05, 0.1) is 10.7 Å². The van der Waals surface area contributed by atoms with Crippen molar-refractivity contribution in [2.24, 2.45) is 0 Å². The second-order valence-corrected chi connectivity index (χ2v) is 6.00. The van der Waals surface area contributed by atoms with Crippen LogP contribution in [0.25, 0.3) is 0 Å². The van der Waals surface area contributed by atoms with Crippen LogP contribution in [0.4, 0.5) is 5.69 Å². The molecule has 0 aromatic heterocycles. The molecule has 0 atom stereocenters. The van der Waals surface area contributed by atoms with Gasteiger partial charge in [-0.1, -0.05) is 23.2 Å². The third kappa shape index (κ3) is 3.77. The molecule has 0 aliphatic carbocycles. The van der Waals surface area contributed by atoms with E-state index < -0.39 is 0 Å². The molecule has 0 saturated carbocycles. The van der Waals surface area contributed by atoms with Crippen LogP contribution in [0.1, 0.15) is 10.4 Å². The molecule has 6 heteroatoms. The van der Waals surface area contributed by atoms with E-state index in [4.69, 9.17) is 27.9 Å². The molecule has 0 aliphatic rings. The Bertz CT molecular complexity index is 641. The zero-order valence-electron chi connectivity index (χ0n) is 10.4. The molecule has 1 N–H and O–H groups in total. The molecule has 2 aromatic rings. The molecular formula is C14H10Cl2INO2. The number of carbonyl (C=O) groups is 1. The number of nitrogens with one attached hydrogen (secondary N) is 1. The fourth-order valence-corrected chi connectivity index (χ4v) is 2.90. The summed E-state index contributed by atoms with van der Waals surface area (Å²) in [6.45, 7) is 0. The van der Waals surface area contributed by atoms with Crippen molar-refractivity contribution in [3.05, 3.63) is 55.6 Å². The molecule has 20 heavy (non-hydrogen) atoms. The van der Waals surface area contributed by atoms with Gasteiger partial charge >= 0.3 is 0 Å². The number of halogens is 3. The number of benzene rings is 2. The normalized spacial score (nSPS) is 10.2. The third-order valence-corrected chi connectivity index (χ3v) is 3.81. The predicted octanol–water partition coefficient (Wildman–Crippen LogP) is 4.86. The highest BCUT2D eigenvalue weighted by Gasteiger charge is 2.10. The van der Waals surface area contributed by atoms with E-state index in [1.165, 1.54) is 0 Å². The Morgan fingerprint density at radius 1 is 1.15 bits per heavy atom. The fourth-order valence-electron chi connectivity index (χ4n) is 1.64. The molecule has 0 fully saturated rings. The van der Waals surface area contributed by atoms with E-state index in [0.29, 0.717) is 21.3 Å². The van der Waals surface area contributed by atoms with Crippen LogP contribution < -0.4 is 10.1 Å². The van der Waals surface area contributed by atoms with Crippen molar-refractivity contribution < 1.29 is 9.53 Å². The smallest absolute Gasteiger partial charge is 0.255 e. The average molecular weight is 422 g/mol. The van der Waals surface area contributed by atoms with Crippen molar-refractivity contribution in [1.82, 2.24) is 0 Å². The van der Waals surface area contributed by atoms with Crippen molar-refractivity contribution in [3.8, 4) is 5.75 Å². The molecule has 104 valence electrons. The second kappa shape index (κ2) is 6.65. The molecule has 3 nitrogen and oxygen atoms in total. The number of anilines is 1. The molecule has 0 radical (unpaired) electrons. The van der Waals surface area contributed by atoms with Crippen molar-refractivity contribution in [2.45, 2.75) is 0 Å². The summed E-state index contributed by atoms with van der Waals surface area (Å²) in [6.07, 6.45) is 0. The largest absolute Gasteiger partial charge is 0.496 e. The van der Waals surface area contributed by atoms with E-state index >= 15 is 0 Å². The highest BCUT2D eigenvalue weighted by Crippen LogP contribution is 2.24. The summed E-state index contributed by atoms with van der Waals surface area (Å²) in [5, 5.41) is 3.69. The van der Waals surface area contributed by atoms with Gasteiger partial charge in [0.15, 0.2) is 0 Å². The van der Waals surface area contributed by atoms with Crippen LogP contribution in [0.2, 0.25) is 10.0 Å². The summed E-state index contributed by atoms with van der Waals surface area (Å²) in [4.78, 5) is 12.1. The number of amides is 1. The van der Waals surface area contributed by atoms with Gasteiger partial charge in [-0.15, -0.1) is 0 Å². The lowest BCUT2D eigenvalue weighted by molar-refractivity contribution is 0.102. The lowest BCUT2D eigenvalue weighted by Crippen LogP contribution is -2.12. The van der Waals surface area contributed by atoms with E-state index in [1.54, 1.807) is 43.5 Å². The Hall–Kier alpha value is -0.980. The lowest BCUT2D eigenvalue weighted by Gasteiger charge is -2.08. The van der Waals surface area contributed by atoms with Crippen LogP contribution in [0.15, 0.2) is 36.4 Å². The van der Waals surface area contributed by atoms with Gasteiger partial charge in [-0.3, -0.25) is 4.79 Å². The quantitative estimate of drug-likeness (QED) is 0.718. The SMILES string of the molecule is COc1ccc(C(=O)Nc2cc(Cl)cc(Cl)c2)cc1I. The topological polar surface area (TPSA) is 38.3 Å². The molecule has 0 saturated heterocycles. The molecule has 0 spiro atoms. The Morgan fingerprint density at radius 3 is 2.35 bits per heavy atom. The Labute approximate surface area is 140 Å². The minimum absolute atomic E-state index is 0.232. The second-order valence-electron chi connectivity index (χ2n) is 3.96. The molecular weight excluding hydrogens is 412 g/mol. The maximum Gasteiger partial charge on any atom is 0.255 e. The van der Waals surface area contributed by atoms with E-state index in [-0.39, 0.29) is 5.91 Å². The van der Waals surface area contributed by atoms with Crippen LogP contribution in [0, 0.1) is 3.57 Å². The third-order valence-electron chi connectivity index (χ3n) is 2.53. The Kier molecular flexibility index (Phi) is 5.12. The summed E-state index contributed by atoms with van der Waals surface area (Å²) in [7, 11) is 1.59. The monoisotopic (exact) mass is 421 g/mol. The molecule has 0 heterocycles. The molecule has 0 aliphatic heterocycles. The van der Waals surface area contributed by atoms with Gasteiger partial charge in [0.25, 0.3) is 5.91 Å². The van der Waals surface area contributed by atoms with E-state index in [2.05, 4.69) is 27.9 Å². The highest BCUT2D eigenvalue weighted by atomic mass is 127. The number of ether oxygens (including phenoxy) is 1. The van der Waals surface area contributed by atoms with Crippen LogP contribution in [0.5, 0.6) is 5.75 Å². The summed E-state index contributed by atoms with van der Waals surface area (Å²) < 4.78 is 6.02. The fraction of sp³-hybridized carbons (Fsp3) is 0.0714. The molecule has 2 rings (SSSR count). The maximum atomic E-state index is 12.1. The summed E-state index contributed by atoms with van der Waals surface area (Å²) >= 11 is 13.9. The van der Waals surface area contributed by atoms with Crippen molar-refractivity contribution in [1.29, 1.82) is 0 Å². The van der Waals surface area contributed by atoms with Crippen LogP contribution in [0.3, 0.4) is 0 Å². The van der Waals surface area contributed by atoms with Gasteiger partial charge < -0.3 is 10.1 Å². The highest BCUT2D eigenvalue weighted by molar-refractivity contribution is 14.1. The minimum atomic E-state index is -0.232. The van der Waals surface area contributed by atoms with E-state index in [1.807, 2.05) is 0 Å². The van der Waals surface area contributed by atoms with Gasteiger partial charge in [0, 0.05) is 21.3 Å². The first-order valence-corrected chi connectivity index (χ1v) is 7.44. The standard InChI is InChI=1S/C14H10Cl2INO2/c1-20-13-3-2-8(4-12(13)17)14(19)18-11-6-9(15)5-10(16)7-11/h2-7H,1H3,(H,18,19). The van der Waals surface area contributed by atoms with Crippen molar-refractivity contribution in [2.75, 3.05) is 12.4 Å². The zero-order chi connectivity index (χ0) is 14.7. The van der Waals surface area contributed by atoms with Gasteiger partial charge in [-0.25, -0.2) is 0 Å². The average Bonchev–Trinajstić information content (AvgIpc) is 2.37. The van der Waals surface area contributed by atoms with Gasteiger partial charge in [0.1, 0.15) is 5.75 Å². The molecule has 0 bridgehead atoms. The van der Waals surface area contributed by atoms with Gasteiger partial charge in [-0.2, -0.15) is 0 Å². The number of carbonyl (C=O) groups excluding carboxylic acids is 1. The Morgan fingerprint density at radius 2 is 1.80 bits per heavy atom.